The van der Waals surface area contributed by atoms with E-state index in [4.69, 9.17) is 0 Å². The van der Waals surface area contributed by atoms with Crippen LogP contribution in [0, 0.1) is 17.2 Å². The van der Waals surface area contributed by atoms with Gasteiger partial charge in [0.1, 0.15) is 11.0 Å². The van der Waals surface area contributed by atoms with Crippen LogP contribution in [0.15, 0.2) is 53.4 Å². The Bertz CT molecular complexity index is 1020. The van der Waals surface area contributed by atoms with Crippen LogP contribution in [0.5, 0.6) is 0 Å². The minimum atomic E-state index is -1.21. The number of aromatic nitrogens is 1. The number of rotatable bonds is 4. The third-order valence-corrected chi connectivity index (χ3v) is 6.35. The molecule has 2 heterocycles. The van der Waals surface area contributed by atoms with Crippen molar-refractivity contribution in [1.29, 1.82) is 5.26 Å². The molecular formula is C21H22N4OS. The first-order valence-electron chi connectivity index (χ1n) is 9.03. The summed E-state index contributed by atoms with van der Waals surface area (Å²) in [6.07, 6.45) is 0.883. The zero-order valence-corrected chi connectivity index (χ0v) is 16.3. The highest BCUT2D eigenvalue weighted by Gasteiger charge is 2.25. The van der Waals surface area contributed by atoms with Crippen LogP contribution in [-0.4, -0.2) is 40.7 Å². The number of nitrogens with one attached hydrogen (secondary N) is 1. The zero-order chi connectivity index (χ0) is 19.0. The molecule has 0 spiro atoms. The molecule has 27 heavy (non-hydrogen) atoms. The van der Waals surface area contributed by atoms with Gasteiger partial charge in [0.15, 0.2) is 0 Å². The maximum atomic E-state index is 12.6. The van der Waals surface area contributed by atoms with Gasteiger partial charge in [0.05, 0.1) is 16.9 Å². The molecule has 0 aliphatic carbocycles. The summed E-state index contributed by atoms with van der Waals surface area (Å²) in [7, 11) is 2.41. The Kier molecular flexibility index (Phi) is 4.73. The van der Waals surface area contributed by atoms with Crippen LogP contribution >= 0.6 is 0 Å². The number of nitriles is 1. The lowest BCUT2D eigenvalue weighted by atomic mass is 10.1. The molecule has 0 radical (unpaired) electrons. The smallest absolute Gasteiger partial charge is 0.127 e. The van der Waals surface area contributed by atoms with E-state index in [1.807, 2.05) is 44.4 Å². The van der Waals surface area contributed by atoms with E-state index in [-0.39, 0.29) is 5.92 Å². The molecule has 2 aromatic carbocycles. The van der Waals surface area contributed by atoms with E-state index in [1.54, 1.807) is 4.31 Å². The van der Waals surface area contributed by atoms with Gasteiger partial charge in [0.25, 0.3) is 0 Å². The largest absolute Gasteiger partial charge is 0.370 e. The monoisotopic (exact) mass is 378 g/mol. The summed E-state index contributed by atoms with van der Waals surface area (Å²) >= 11 is 0. The maximum absolute atomic E-state index is 12.6. The first-order chi connectivity index (χ1) is 13.1. The van der Waals surface area contributed by atoms with Crippen molar-refractivity contribution in [3.63, 3.8) is 0 Å². The molecule has 3 aromatic rings. The van der Waals surface area contributed by atoms with Crippen molar-refractivity contribution in [3.05, 3.63) is 48.5 Å². The van der Waals surface area contributed by atoms with Gasteiger partial charge in [-0.15, -0.1) is 0 Å². The van der Waals surface area contributed by atoms with Crippen LogP contribution in [0.3, 0.4) is 0 Å². The minimum Gasteiger partial charge on any atom is -0.370 e. The molecule has 0 bridgehead atoms. The van der Waals surface area contributed by atoms with Gasteiger partial charge < -0.3 is 9.88 Å². The van der Waals surface area contributed by atoms with Gasteiger partial charge in [0, 0.05) is 40.9 Å². The van der Waals surface area contributed by atoms with Gasteiger partial charge in [-0.2, -0.15) is 5.26 Å². The van der Waals surface area contributed by atoms with Gasteiger partial charge in [0.2, 0.25) is 0 Å². The standard InChI is InChI=1S/C21H22N4OS/c1-24(2)27(26)17-7-8-21(25-10-9-15(13-22)14-25)18(12-17)20-11-16-5-3-4-6-19(16)23-20/h3-8,11-12,15,23H,9-10,14H2,1-2H3. The highest BCUT2D eigenvalue weighted by atomic mass is 32.2. The Balaban J connectivity index is 1.83. The Hall–Kier alpha value is -2.62. The molecule has 138 valence electrons. The highest BCUT2D eigenvalue weighted by Crippen LogP contribution is 2.36. The van der Waals surface area contributed by atoms with E-state index in [1.165, 1.54) is 0 Å². The van der Waals surface area contributed by atoms with E-state index < -0.39 is 11.0 Å². The summed E-state index contributed by atoms with van der Waals surface area (Å²) in [5.41, 5.74) is 4.19. The second kappa shape index (κ2) is 7.18. The molecule has 1 aromatic heterocycles. The fourth-order valence-corrected chi connectivity index (χ4v) is 4.45. The van der Waals surface area contributed by atoms with Gasteiger partial charge >= 0.3 is 0 Å². The summed E-state index contributed by atoms with van der Waals surface area (Å²) in [5.74, 6) is 0.0659. The van der Waals surface area contributed by atoms with Crippen LogP contribution < -0.4 is 4.90 Å². The van der Waals surface area contributed by atoms with E-state index >= 15 is 0 Å². The number of aromatic amines is 1. The Morgan fingerprint density at radius 3 is 2.74 bits per heavy atom. The van der Waals surface area contributed by atoms with Crippen molar-refractivity contribution in [2.45, 2.75) is 11.3 Å². The number of nitrogens with zero attached hydrogens (tertiary/aromatic N) is 3. The Labute approximate surface area is 161 Å². The second-order valence-electron chi connectivity index (χ2n) is 7.07. The molecule has 0 amide bonds. The molecule has 2 atom stereocenters. The summed E-state index contributed by atoms with van der Waals surface area (Å²) in [5, 5.41) is 10.4. The topological polar surface area (TPSA) is 63.1 Å². The third kappa shape index (κ3) is 3.36. The summed E-state index contributed by atoms with van der Waals surface area (Å²) in [6.45, 7) is 1.60. The first kappa shape index (κ1) is 17.8. The fourth-order valence-electron chi connectivity index (χ4n) is 3.63. The molecule has 2 unspecified atom stereocenters. The van der Waals surface area contributed by atoms with Crippen molar-refractivity contribution in [2.75, 3.05) is 32.1 Å². The summed E-state index contributed by atoms with van der Waals surface area (Å²) in [6, 6.07) is 18.7. The van der Waals surface area contributed by atoms with Crippen LogP contribution in [0.1, 0.15) is 6.42 Å². The third-order valence-electron chi connectivity index (χ3n) is 5.03. The number of H-pyrrole nitrogens is 1. The number of hydrogen-bond acceptors (Lipinski definition) is 3. The van der Waals surface area contributed by atoms with E-state index in [2.05, 4.69) is 34.2 Å². The lowest BCUT2D eigenvalue weighted by Crippen LogP contribution is -2.21. The molecule has 5 nitrogen and oxygen atoms in total. The molecule has 4 rings (SSSR count). The Morgan fingerprint density at radius 2 is 2.04 bits per heavy atom. The number of anilines is 1. The fraction of sp³-hybridized carbons (Fsp3) is 0.286. The van der Waals surface area contributed by atoms with Crippen LogP contribution in [-0.2, 0) is 11.0 Å². The van der Waals surface area contributed by atoms with Crippen molar-refractivity contribution in [1.82, 2.24) is 9.29 Å². The highest BCUT2D eigenvalue weighted by molar-refractivity contribution is 7.82. The average molecular weight is 379 g/mol. The second-order valence-corrected chi connectivity index (χ2v) is 8.77. The molecule has 6 heteroatoms. The summed E-state index contributed by atoms with van der Waals surface area (Å²) < 4.78 is 14.3. The quantitative estimate of drug-likeness (QED) is 0.752. The molecule has 1 aliphatic rings. The number of hydrogen-bond donors (Lipinski definition) is 1. The molecule has 0 saturated carbocycles. The van der Waals surface area contributed by atoms with Crippen molar-refractivity contribution in [3.8, 4) is 17.3 Å². The van der Waals surface area contributed by atoms with E-state index in [9.17, 15) is 9.47 Å². The van der Waals surface area contributed by atoms with Crippen molar-refractivity contribution >= 4 is 27.6 Å². The van der Waals surface area contributed by atoms with Gasteiger partial charge in [-0.25, -0.2) is 8.51 Å². The van der Waals surface area contributed by atoms with E-state index in [0.717, 1.165) is 52.3 Å². The first-order valence-corrected chi connectivity index (χ1v) is 10.1. The molecular weight excluding hydrogens is 356 g/mol. The van der Waals surface area contributed by atoms with Crippen molar-refractivity contribution < 1.29 is 4.21 Å². The normalized spacial score (nSPS) is 18.1. The molecule has 1 aliphatic heterocycles. The molecule has 1 saturated heterocycles. The lowest BCUT2D eigenvalue weighted by Gasteiger charge is -2.22. The van der Waals surface area contributed by atoms with Crippen LogP contribution in [0.2, 0.25) is 0 Å². The predicted octanol–water partition coefficient (Wildman–Crippen LogP) is 3.77. The van der Waals surface area contributed by atoms with Gasteiger partial charge in [-0.1, -0.05) is 18.2 Å². The number of para-hydroxylation sites is 1. The molecule has 1 N–H and O–H groups in total. The number of benzene rings is 2. The number of fused-ring (bicyclic) bond motifs is 1. The van der Waals surface area contributed by atoms with Gasteiger partial charge in [-0.3, -0.25) is 0 Å². The lowest BCUT2D eigenvalue weighted by molar-refractivity contribution is 0.603. The maximum Gasteiger partial charge on any atom is 0.127 e. The minimum absolute atomic E-state index is 0.0659. The van der Waals surface area contributed by atoms with Crippen LogP contribution in [0.4, 0.5) is 5.69 Å². The zero-order valence-electron chi connectivity index (χ0n) is 15.5. The van der Waals surface area contributed by atoms with Gasteiger partial charge in [-0.05, 0) is 50.8 Å². The average Bonchev–Trinajstić information content (AvgIpc) is 3.33. The van der Waals surface area contributed by atoms with Crippen molar-refractivity contribution in [2.24, 2.45) is 5.92 Å². The van der Waals surface area contributed by atoms with E-state index in [0.29, 0.717) is 0 Å². The predicted molar refractivity (Wildman–Crippen MR) is 110 cm³/mol. The SMILES string of the molecule is CN(C)S(=O)c1ccc(N2CCC(C#N)C2)c(-c2cc3ccccc3[nH]2)c1. The molecule has 1 fully saturated rings. The Morgan fingerprint density at radius 1 is 1.22 bits per heavy atom. The summed E-state index contributed by atoms with van der Waals surface area (Å²) in [4.78, 5) is 6.52. The van der Waals surface area contributed by atoms with Crippen LogP contribution in [0.25, 0.3) is 22.2 Å².